The van der Waals surface area contributed by atoms with Crippen LogP contribution in [0.4, 0.5) is 8.78 Å². The van der Waals surface area contributed by atoms with Gasteiger partial charge in [-0.25, -0.2) is 8.78 Å². The molecule has 2 aromatic rings. The third kappa shape index (κ3) is 3.13. The first-order chi connectivity index (χ1) is 12.3. The van der Waals surface area contributed by atoms with Crippen LogP contribution in [0.3, 0.4) is 0 Å². The van der Waals surface area contributed by atoms with E-state index in [-0.39, 0.29) is 5.56 Å². The van der Waals surface area contributed by atoms with Gasteiger partial charge in [-0.05, 0) is 35.4 Å². The molecule has 1 fully saturated rings. The minimum atomic E-state index is -1.19. The van der Waals surface area contributed by atoms with Crippen molar-refractivity contribution in [2.75, 3.05) is 6.54 Å². The lowest BCUT2D eigenvalue weighted by atomic mass is 10.1. The molecule has 5 nitrogen and oxygen atoms in total. The molecule has 8 heteroatoms. The third-order valence-corrected chi connectivity index (χ3v) is 4.50. The van der Waals surface area contributed by atoms with Crippen LogP contribution in [0.5, 0.6) is 0 Å². The van der Waals surface area contributed by atoms with E-state index in [0.29, 0.717) is 15.1 Å². The number of benzene rings is 2. The average molecular weight is 423 g/mol. The summed E-state index contributed by atoms with van der Waals surface area (Å²) < 4.78 is 29.2. The fraction of sp³-hybridized carbons (Fsp3) is 0.111. The lowest BCUT2D eigenvalue weighted by Crippen LogP contribution is -2.35. The standard InChI is InChI=1S/C18H13BrF2N2O3/c1-2-10-6-13(20)16(14(21)7-10)18(25)22-9-15(24)23(26)17(22)11-4-3-5-12(19)8-11/h2-8,17,26H,1,9H2. The maximum absolute atomic E-state index is 14.3. The number of nitrogens with zero attached hydrogens (tertiary/aromatic N) is 2. The third-order valence-electron chi connectivity index (χ3n) is 4.01. The van der Waals surface area contributed by atoms with Gasteiger partial charge in [0.05, 0.1) is 0 Å². The quantitative estimate of drug-likeness (QED) is 0.766. The molecule has 1 heterocycles. The number of hydrogen-bond donors (Lipinski definition) is 1. The summed E-state index contributed by atoms with van der Waals surface area (Å²) in [5.74, 6) is -3.93. The summed E-state index contributed by atoms with van der Waals surface area (Å²) in [4.78, 5) is 25.6. The highest BCUT2D eigenvalue weighted by atomic mass is 79.9. The van der Waals surface area contributed by atoms with E-state index in [1.165, 1.54) is 6.08 Å². The summed E-state index contributed by atoms with van der Waals surface area (Å²) in [5, 5.41) is 10.4. The molecule has 134 valence electrons. The highest BCUT2D eigenvalue weighted by molar-refractivity contribution is 9.10. The van der Waals surface area contributed by atoms with Crippen molar-refractivity contribution in [3.63, 3.8) is 0 Å². The summed E-state index contributed by atoms with van der Waals surface area (Å²) in [6.07, 6.45) is 0.0601. The van der Waals surface area contributed by atoms with Crippen LogP contribution in [-0.2, 0) is 4.79 Å². The maximum Gasteiger partial charge on any atom is 0.267 e. The van der Waals surface area contributed by atoms with Gasteiger partial charge in [0.2, 0.25) is 0 Å². The molecule has 1 unspecified atom stereocenters. The van der Waals surface area contributed by atoms with Crippen LogP contribution in [0.2, 0.25) is 0 Å². The number of carbonyl (C=O) groups is 2. The van der Waals surface area contributed by atoms with Crippen LogP contribution >= 0.6 is 15.9 Å². The number of carbonyl (C=O) groups excluding carboxylic acids is 2. The molecule has 1 aliphatic rings. The van der Waals surface area contributed by atoms with Gasteiger partial charge in [0.15, 0.2) is 6.17 Å². The predicted octanol–water partition coefficient (Wildman–Crippen LogP) is 3.74. The summed E-state index contributed by atoms with van der Waals surface area (Å²) >= 11 is 3.27. The lowest BCUT2D eigenvalue weighted by molar-refractivity contribution is -0.168. The van der Waals surface area contributed by atoms with E-state index in [4.69, 9.17) is 0 Å². The molecule has 2 aromatic carbocycles. The largest absolute Gasteiger partial charge is 0.302 e. The van der Waals surface area contributed by atoms with Crippen LogP contribution in [0.25, 0.3) is 6.08 Å². The molecule has 26 heavy (non-hydrogen) atoms. The van der Waals surface area contributed by atoms with Crippen molar-refractivity contribution < 1.29 is 23.6 Å². The Balaban J connectivity index is 2.05. The first-order valence-electron chi connectivity index (χ1n) is 7.52. The van der Waals surface area contributed by atoms with Crippen molar-refractivity contribution >= 4 is 33.8 Å². The van der Waals surface area contributed by atoms with Crippen LogP contribution in [0.15, 0.2) is 47.4 Å². The van der Waals surface area contributed by atoms with Crippen LogP contribution in [-0.4, -0.2) is 33.5 Å². The summed E-state index contributed by atoms with van der Waals surface area (Å²) in [7, 11) is 0. The number of rotatable bonds is 3. The van der Waals surface area contributed by atoms with Gasteiger partial charge in [0.1, 0.15) is 23.7 Å². The fourth-order valence-electron chi connectivity index (χ4n) is 2.80. The molecular weight excluding hydrogens is 410 g/mol. The van der Waals surface area contributed by atoms with E-state index in [1.54, 1.807) is 24.3 Å². The normalized spacial score (nSPS) is 16.9. The molecule has 0 aliphatic carbocycles. The van der Waals surface area contributed by atoms with Gasteiger partial charge in [-0.3, -0.25) is 14.8 Å². The zero-order chi connectivity index (χ0) is 19.0. The minimum absolute atomic E-state index is 0.182. The highest BCUT2D eigenvalue weighted by Crippen LogP contribution is 2.33. The van der Waals surface area contributed by atoms with E-state index in [0.717, 1.165) is 17.0 Å². The van der Waals surface area contributed by atoms with Crippen LogP contribution in [0.1, 0.15) is 27.7 Å². The zero-order valence-corrected chi connectivity index (χ0v) is 14.9. The predicted molar refractivity (Wildman–Crippen MR) is 93.0 cm³/mol. The molecule has 1 atom stereocenters. The molecule has 1 N–H and O–H groups in total. The molecule has 0 bridgehead atoms. The Labute approximate surface area is 156 Å². The highest BCUT2D eigenvalue weighted by Gasteiger charge is 2.42. The minimum Gasteiger partial charge on any atom is -0.302 e. The molecular formula is C18H13BrF2N2O3. The van der Waals surface area contributed by atoms with Crippen molar-refractivity contribution in [2.45, 2.75) is 6.17 Å². The number of amides is 2. The Hall–Kier alpha value is -2.58. The van der Waals surface area contributed by atoms with E-state index >= 15 is 0 Å². The van der Waals surface area contributed by atoms with Crippen molar-refractivity contribution in [1.29, 1.82) is 0 Å². The van der Waals surface area contributed by atoms with Gasteiger partial charge in [0, 0.05) is 4.47 Å². The fourth-order valence-corrected chi connectivity index (χ4v) is 3.22. The van der Waals surface area contributed by atoms with Gasteiger partial charge in [-0.15, -0.1) is 0 Å². The Kier molecular flexibility index (Phi) is 4.88. The summed E-state index contributed by atoms with van der Waals surface area (Å²) in [6, 6.07) is 8.52. The second kappa shape index (κ2) is 6.97. The smallest absolute Gasteiger partial charge is 0.267 e. The Morgan fingerprint density at radius 2 is 1.92 bits per heavy atom. The average Bonchev–Trinajstić information content (AvgIpc) is 2.89. The van der Waals surface area contributed by atoms with E-state index in [9.17, 15) is 23.6 Å². The van der Waals surface area contributed by atoms with Crippen molar-refractivity contribution in [1.82, 2.24) is 9.96 Å². The number of hydroxylamine groups is 2. The molecule has 0 spiro atoms. The van der Waals surface area contributed by atoms with E-state index < -0.39 is 41.7 Å². The summed E-state index contributed by atoms with van der Waals surface area (Å²) in [5.41, 5.74) is -0.204. The van der Waals surface area contributed by atoms with Crippen molar-refractivity contribution in [3.05, 3.63) is 75.8 Å². The first kappa shape index (κ1) is 18.2. The molecule has 0 aromatic heterocycles. The van der Waals surface area contributed by atoms with Gasteiger partial charge in [0.25, 0.3) is 11.8 Å². The van der Waals surface area contributed by atoms with Crippen molar-refractivity contribution in [3.8, 4) is 0 Å². The van der Waals surface area contributed by atoms with Gasteiger partial charge < -0.3 is 4.90 Å². The number of hydrogen-bond acceptors (Lipinski definition) is 3. The second-order valence-corrected chi connectivity index (χ2v) is 6.58. The van der Waals surface area contributed by atoms with E-state index in [2.05, 4.69) is 22.5 Å². The van der Waals surface area contributed by atoms with Crippen LogP contribution < -0.4 is 0 Å². The van der Waals surface area contributed by atoms with Gasteiger partial charge in [-0.2, -0.15) is 5.06 Å². The van der Waals surface area contributed by atoms with Crippen LogP contribution in [0, 0.1) is 11.6 Å². The van der Waals surface area contributed by atoms with Gasteiger partial charge >= 0.3 is 0 Å². The number of halogens is 3. The molecule has 3 rings (SSSR count). The molecule has 2 amide bonds. The maximum atomic E-state index is 14.3. The summed E-state index contributed by atoms with van der Waals surface area (Å²) in [6.45, 7) is 2.92. The van der Waals surface area contributed by atoms with E-state index in [1.807, 2.05) is 0 Å². The lowest BCUT2D eigenvalue weighted by Gasteiger charge is -2.27. The van der Waals surface area contributed by atoms with Crippen molar-refractivity contribution in [2.24, 2.45) is 0 Å². The molecule has 1 aliphatic heterocycles. The Morgan fingerprint density at radius 3 is 2.50 bits per heavy atom. The SMILES string of the molecule is C=Cc1cc(F)c(C(=O)N2CC(=O)N(O)C2c2cccc(Br)c2)c(F)c1. The zero-order valence-electron chi connectivity index (χ0n) is 13.3. The first-order valence-corrected chi connectivity index (χ1v) is 8.31. The molecule has 0 radical (unpaired) electrons. The molecule has 0 saturated carbocycles. The van der Waals surface area contributed by atoms with Gasteiger partial charge in [-0.1, -0.05) is 40.7 Å². The monoisotopic (exact) mass is 422 g/mol. The molecule has 1 saturated heterocycles. The second-order valence-electron chi connectivity index (χ2n) is 5.66. The Bertz CT molecular complexity index is 896. The Morgan fingerprint density at radius 1 is 1.27 bits per heavy atom. The topological polar surface area (TPSA) is 60.9 Å².